The van der Waals surface area contributed by atoms with Crippen molar-refractivity contribution in [2.45, 2.75) is 6.61 Å². The average Bonchev–Trinajstić information content (AvgIpc) is 2.46. The molecule has 8 heteroatoms. The molecule has 1 amide bonds. The van der Waals surface area contributed by atoms with Gasteiger partial charge in [-0.15, -0.1) is 0 Å². The number of carbonyl (C=O) groups is 1. The highest BCUT2D eigenvalue weighted by Gasteiger charge is 2.17. The molecule has 0 atom stereocenters. The smallest absolute Gasteiger partial charge is 0.276 e. The molecular formula is C14H10Br2N2O4. The quantitative estimate of drug-likeness (QED) is 0.577. The molecule has 2 N–H and O–H groups in total. The summed E-state index contributed by atoms with van der Waals surface area (Å²) in [5.41, 5.74) is 5.35. The molecule has 0 unspecified atom stereocenters. The monoisotopic (exact) mass is 428 g/mol. The molecule has 0 saturated heterocycles. The average molecular weight is 430 g/mol. The van der Waals surface area contributed by atoms with Crippen molar-refractivity contribution in [2.24, 2.45) is 5.73 Å². The van der Waals surface area contributed by atoms with E-state index in [4.69, 9.17) is 10.5 Å². The van der Waals surface area contributed by atoms with Crippen LogP contribution >= 0.6 is 31.9 Å². The minimum absolute atomic E-state index is 0.0173. The number of primary amides is 1. The number of rotatable bonds is 5. The molecule has 0 spiro atoms. The van der Waals surface area contributed by atoms with Gasteiger partial charge in [0.05, 0.1) is 19.4 Å². The standard InChI is InChI=1S/C14H10Br2N2O4/c15-10-2-1-3-11(16)13(10)22-7-9-5-4-8(14(17)19)6-12(9)18(20)21/h1-6H,7H2,(H2,17,19). The summed E-state index contributed by atoms with van der Waals surface area (Å²) < 4.78 is 7.07. The first-order chi connectivity index (χ1) is 10.4. The zero-order valence-electron chi connectivity index (χ0n) is 11.1. The first kappa shape index (κ1) is 16.4. The Morgan fingerprint density at radius 1 is 1.23 bits per heavy atom. The molecule has 6 nitrogen and oxygen atoms in total. The molecule has 0 saturated carbocycles. The van der Waals surface area contributed by atoms with Crippen molar-refractivity contribution in [1.29, 1.82) is 0 Å². The van der Waals surface area contributed by atoms with Crippen molar-refractivity contribution >= 4 is 43.5 Å². The third kappa shape index (κ3) is 3.63. The van der Waals surface area contributed by atoms with E-state index in [0.717, 1.165) is 15.0 Å². The van der Waals surface area contributed by atoms with Crippen molar-refractivity contribution in [3.05, 3.63) is 66.6 Å². The highest BCUT2D eigenvalue weighted by molar-refractivity contribution is 9.11. The third-order valence-electron chi connectivity index (χ3n) is 2.86. The Labute approximate surface area is 142 Å². The second-order valence-electron chi connectivity index (χ2n) is 4.30. The van der Waals surface area contributed by atoms with Gasteiger partial charge in [0.2, 0.25) is 5.91 Å². The molecular weight excluding hydrogens is 420 g/mol. The lowest BCUT2D eigenvalue weighted by molar-refractivity contribution is -0.385. The first-order valence-corrected chi connectivity index (χ1v) is 7.62. The van der Waals surface area contributed by atoms with Crippen LogP contribution in [0, 0.1) is 10.1 Å². The molecule has 0 aliphatic carbocycles. The number of hydrogen-bond donors (Lipinski definition) is 1. The molecule has 2 rings (SSSR count). The minimum Gasteiger partial charge on any atom is -0.486 e. The normalized spacial score (nSPS) is 10.3. The number of nitro benzene ring substituents is 1. The Balaban J connectivity index is 2.30. The number of hydrogen-bond acceptors (Lipinski definition) is 4. The maximum Gasteiger partial charge on any atom is 0.276 e. The summed E-state index contributed by atoms with van der Waals surface area (Å²) in [5.74, 6) is -0.181. The summed E-state index contributed by atoms with van der Waals surface area (Å²) in [5, 5.41) is 11.1. The molecule has 0 aliphatic heterocycles. The van der Waals surface area contributed by atoms with E-state index in [9.17, 15) is 14.9 Å². The van der Waals surface area contributed by atoms with Gasteiger partial charge in [-0.1, -0.05) is 6.07 Å². The zero-order chi connectivity index (χ0) is 16.3. The van der Waals surface area contributed by atoms with Gasteiger partial charge in [0.1, 0.15) is 12.4 Å². The van der Waals surface area contributed by atoms with Crippen LogP contribution in [0.25, 0.3) is 0 Å². The Hall–Kier alpha value is -1.93. The topological polar surface area (TPSA) is 95.5 Å². The molecule has 0 radical (unpaired) electrons. The SMILES string of the molecule is NC(=O)c1ccc(COc2c(Br)cccc2Br)c([N+](=O)[O-])c1. The molecule has 0 heterocycles. The van der Waals surface area contributed by atoms with Gasteiger partial charge in [0, 0.05) is 11.6 Å². The maximum absolute atomic E-state index is 11.1. The van der Waals surface area contributed by atoms with Gasteiger partial charge in [-0.2, -0.15) is 0 Å². The van der Waals surface area contributed by atoms with Gasteiger partial charge < -0.3 is 10.5 Å². The van der Waals surface area contributed by atoms with Gasteiger partial charge in [0.25, 0.3) is 5.69 Å². The predicted molar refractivity (Wildman–Crippen MR) is 87.8 cm³/mol. The van der Waals surface area contributed by atoms with E-state index < -0.39 is 10.8 Å². The zero-order valence-corrected chi connectivity index (χ0v) is 14.3. The van der Waals surface area contributed by atoms with Crippen LogP contribution in [0.4, 0.5) is 5.69 Å². The molecule has 2 aromatic rings. The molecule has 2 aromatic carbocycles. The number of benzene rings is 2. The lowest BCUT2D eigenvalue weighted by Crippen LogP contribution is -2.12. The van der Waals surface area contributed by atoms with Gasteiger partial charge in [-0.05, 0) is 56.1 Å². The molecule has 0 bridgehead atoms. The van der Waals surface area contributed by atoms with Crippen molar-refractivity contribution in [1.82, 2.24) is 0 Å². The van der Waals surface area contributed by atoms with Crippen LogP contribution < -0.4 is 10.5 Å². The van der Waals surface area contributed by atoms with Crippen LogP contribution in [-0.4, -0.2) is 10.8 Å². The largest absolute Gasteiger partial charge is 0.486 e. The Morgan fingerprint density at radius 2 is 1.86 bits per heavy atom. The number of halogens is 2. The Kier molecular flexibility index (Phi) is 5.15. The summed E-state index contributed by atoms with van der Waals surface area (Å²) in [6, 6.07) is 9.46. The number of nitrogens with two attached hydrogens (primary N) is 1. The van der Waals surface area contributed by atoms with Crippen molar-refractivity contribution in [2.75, 3.05) is 0 Å². The molecule has 114 valence electrons. The van der Waals surface area contributed by atoms with E-state index in [-0.39, 0.29) is 17.9 Å². The van der Waals surface area contributed by atoms with E-state index in [1.165, 1.54) is 12.1 Å². The number of ether oxygens (including phenoxy) is 1. The van der Waals surface area contributed by atoms with E-state index in [1.807, 2.05) is 6.07 Å². The van der Waals surface area contributed by atoms with E-state index in [0.29, 0.717) is 11.3 Å². The maximum atomic E-state index is 11.1. The van der Waals surface area contributed by atoms with Crippen LogP contribution in [0.5, 0.6) is 5.75 Å². The highest BCUT2D eigenvalue weighted by atomic mass is 79.9. The lowest BCUT2D eigenvalue weighted by atomic mass is 10.1. The Morgan fingerprint density at radius 3 is 2.41 bits per heavy atom. The minimum atomic E-state index is -0.718. The Bertz CT molecular complexity index is 729. The van der Waals surface area contributed by atoms with Gasteiger partial charge in [0.15, 0.2) is 0 Å². The van der Waals surface area contributed by atoms with Gasteiger partial charge >= 0.3 is 0 Å². The fraction of sp³-hybridized carbons (Fsp3) is 0.0714. The first-order valence-electron chi connectivity index (χ1n) is 6.04. The molecule has 0 aliphatic rings. The summed E-state index contributed by atoms with van der Waals surface area (Å²) in [6.07, 6.45) is 0. The van der Waals surface area contributed by atoms with Crippen LogP contribution in [0.1, 0.15) is 15.9 Å². The fourth-order valence-corrected chi connectivity index (χ4v) is 3.01. The van der Waals surface area contributed by atoms with Crippen LogP contribution in [0.2, 0.25) is 0 Å². The number of nitro groups is 1. The summed E-state index contributed by atoms with van der Waals surface area (Å²) >= 11 is 6.70. The second-order valence-corrected chi connectivity index (χ2v) is 6.01. The van der Waals surface area contributed by atoms with Gasteiger partial charge in [-0.25, -0.2) is 0 Å². The van der Waals surface area contributed by atoms with Crippen molar-refractivity contribution in [3.63, 3.8) is 0 Å². The van der Waals surface area contributed by atoms with E-state index in [2.05, 4.69) is 31.9 Å². The van der Waals surface area contributed by atoms with E-state index >= 15 is 0 Å². The fourth-order valence-electron chi connectivity index (χ4n) is 1.78. The van der Waals surface area contributed by atoms with Crippen LogP contribution in [0.15, 0.2) is 45.3 Å². The number of nitrogens with zero attached hydrogens (tertiary/aromatic N) is 1. The third-order valence-corrected chi connectivity index (χ3v) is 4.11. The molecule has 0 aromatic heterocycles. The highest BCUT2D eigenvalue weighted by Crippen LogP contribution is 2.34. The molecule has 22 heavy (non-hydrogen) atoms. The number of amides is 1. The summed E-state index contributed by atoms with van der Waals surface area (Å²) in [4.78, 5) is 21.7. The predicted octanol–water partition coefficient (Wildman–Crippen LogP) is 3.80. The van der Waals surface area contributed by atoms with Crippen LogP contribution in [0.3, 0.4) is 0 Å². The second kappa shape index (κ2) is 6.89. The van der Waals surface area contributed by atoms with Crippen LogP contribution in [-0.2, 0) is 6.61 Å². The lowest BCUT2D eigenvalue weighted by Gasteiger charge is -2.10. The number of para-hydroxylation sites is 1. The van der Waals surface area contributed by atoms with Crippen molar-refractivity contribution < 1.29 is 14.5 Å². The summed E-state index contributed by atoms with van der Waals surface area (Å²) in [7, 11) is 0. The molecule has 0 fully saturated rings. The van der Waals surface area contributed by atoms with Gasteiger partial charge in [-0.3, -0.25) is 14.9 Å². The number of carbonyl (C=O) groups excluding carboxylic acids is 1. The summed E-state index contributed by atoms with van der Waals surface area (Å²) in [6.45, 7) is -0.0173. The van der Waals surface area contributed by atoms with E-state index in [1.54, 1.807) is 12.1 Å². The van der Waals surface area contributed by atoms with Crippen molar-refractivity contribution in [3.8, 4) is 5.75 Å².